The summed E-state index contributed by atoms with van der Waals surface area (Å²) in [6.45, 7) is 5.36. The molecule has 43 heavy (non-hydrogen) atoms. The van der Waals surface area contributed by atoms with E-state index in [-0.39, 0.29) is 44.2 Å². The Labute approximate surface area is 251 Å². The van der Waals surface area contributed by atoms with Crippen LogP contribution in [0.1, 0.15) is 44.7 Å². The maximum absolute atomic E-state index is 13.1. The van der Waals surface area contributed by atoms with Gasteiger partial charge in [-0.05, 0) is 23.5 Å². The molecule has 2 aromatic carbocycles. The van der Waals surface area contributed by atoms with Gasteiger partial charge in [-0.25, -0.2) is 4.79 Å². The largest absolute Gasteiger partial charge is 0.445 e. The zero-order chi connectivity index (χ0) is 31.5. The van der Waals surface area contributed by atoms with E-state index in [4.69, 9.17) is 10.5 Å². The van der Waals surface area contributed by atoms with Crippen LogP contribution in [0, 0.1) is 17.8 Å². The lowest BCUT2D eigenvalue weighted by molar-refractivity contribution is -0.153. The number of carbonyl (C=O) groups is 6. The molecule has 1 aliphatic heterocycles. The highest BCUT2D eigenvalue weighted by atomic mass is 16.5. The van der Waals surface area contributed by atoms with Crippen LogP contribution in [0.15, 0.2) is 60.7 Å². The van der Waals surface area contributed by atoms with E-state index in [1.165, 1.54) is 11.8 Å². The molecule has 11 nitrogen and oxygen atoms in total. The maximum Gasteiger partial charge on any atom is 0.408 e. The summed E-state index contributed by atoms with van der Waals surface area (Å²) in [6.07, 6.45) is -0.407. The number of ketones is 2. The standard InChI is InChI=1S/C32H40N4O7/c1-20(2)14-25(35-32(42)43-19-23-12-8-5-9-13-23)27(37)15-21(3)28(38)31(41)36-17-24(18-36)30(40)34-26(29(33)39)16-22-10-6-4-7-11-22/h4-13,20-21,24-26H,14-19H2,1-3H3,(H2,33,39)(H,34,40)(H,35,42). The van der Waals surface area contributed by atoms with E-state index in [0.717, 1.165) is 11.1 Å². The Morgan fingerprint density at radius 2 is 1.44 bits per heavy atom. The lowest BCUT2D eigenvalue weighted by Crippen LogP contribution is -2.60. The number of nitrogens with one attached hydrogen (secondary N) is 2. The van der Waals surface area contributed by atoms with Crippen LogP contribution < -0.4 is 16.4 Å². The Morgan fingerprint density at radius 1 is 0.860 bits per heavy atom. The fourth-order valence-electron chi connectivity index (χ4n) is 4.73. The summed E-state index contributed by atoms with van der Waals surface area (Å²) in [5.41, 5.74) is 7.11. The highest BCUT2D eigenvalue weighted by Gasteiger charge is 2.40. The summed E-state index contributed by atoms with van der Waals surface area (Å²) in [7, 11) is 0. The predicted octanol–water partition coefficient (Wildman–Crippen LogP) is 2.16. The van der Waals surface area contributed by atoms with E-state index in [1.807, 2.05) is 74.5 Å². The highest BCUT2D eigenvalue weighted by Crippen LogP contribution is 2.20. The number of amides is 4. The quantitative estimate of drug-likeness (QED) is 0.267. The first-order valence-corrected chi connectivity index (χ1v) is 14.4. The van der Waals surface area contributed by atoms with Gasteiger partial charge < -0.3 is 26.0 Å². The number of primary amides is 1. The summed E-state index contributed by atoms with van der Waals surface area (Å²) in [5.74, 6) is -4.45. The van der Waals surface area contributed by atoms with E-state index < -0.39 is 53.5 Å². The third-order valence-electron chi connectivity index (χ3n) is 7.25. The van der Waals surface area contributed by atoms with Gasteiger partial charge in [-0.1, -0.05) is 81.4 Å². The van der Waals surface area contributed by atoms with Crippen molar-refractivity contribution >= 4 is 35.4 Å². The first-order valence-electron chi connectivity index (χ1n) is 14.4. The van der Waals surface area contributed by atoms with Gasteiger partial charge in [0, 0.05) is 31.8 Å². The molecule has 0 bridgehead atoms. The minimum Gasteiger partial charge on any atom is -0.445 e. The molecule has 4 N–H and O–H groups in total. The molecular formula is C32H40N4O7. The first kappa shape index (κ1) is 33.0. The van der Waals surface area contributed by atoms with Gasteiger partial charge in [-0.3, -0.25) is 24.0 Å². The van der Waals surface area contributed by atoms with Gasteiger partial charge >= 0.3 is 6.09 Å². The Kier molecular flexibility index (Phi) is 12.0. The molecule has 1 aliphatic rings. The normalized spacial score (nSPS) is 15.0. The van der Waals surface area contributed by atoms with Gasteiger partial charge in [0.15, 0.2) is 5.78 Å². The minimum absolute atomic E-state index is 0.0126. The molecule has 0 aliphatic carbocycles. The van der Waals surface area contributed by atoms with Crippen molar-refractivity contribution < 1.29 is 33.5 Å². The molecule has 1 heterocycles. The smallest absolute Gasteiger partial charge is 0.408 e. The molecule has 1 fully saturated rings. The minimum atomic E-state index is -0.921. The third-order valence-corrected chi connectivity index (χ3v) is 7.25. The second-order valence-corrected chi connectivity index (χ2v) is 11.4. The number of nitrogens with zero attached hydrogens (tertiary/aromatic N) is 1. The van der Waals surface area contributed by atoms with Crippen molar-refractivity contribution in [3.8, 4) is 0 Å². The number of Topliss-reactive ketones (excluding diaryl/α,β-unsaturated/α-hetero) is 2. The van der Waals surface area contributed by atoms with Crippen molar-refractivity contribution in [3.05, 3.63) is 71.8 Å². The summed E-state index contributed by atoms with van der Waals surface area (Å²) in [5, 5.41) is 5.24. The number of hydrogen-bond donors (Lipinski definition) is 3. The highest BCUT2D eigenvalue weighted by molar-refractivity contribution is 6.37. The Balaban J connectivity index is 1.47. The monoisotopic (exact) mass is 592 g/mol. The van der Waals surface area contributed by atoms with Crippen molar-refractivity contribution in [1.29, 1.82) is 0 Å². The molecule has 0 saturated carbocycles. The van der Waals surface area contributed by atoms with E-state index in [9.17, 15) is 28.8 Å². The Hall–Kier alpha value is -4.54. The topological polar surface area (TPSA) is 165 Å². The molecule has 3 rings (SSSR count). The predicted molar refractivity (Wildman–Crippen MR) is 158 cm³/mol. The number of likely N-dealkylation sites (tertiary alicyclic amines) is 1. The van der Waals surface area contributed by atoms with Crippen LogP contribution in [0.3, 0.4) is 0 Å². The Bertz CT molecular complexity index is 1290. The second-order valence-electron chi connectivity index (χ2n) is 11.4. The number of ether oxygens (including phenoxy) is 1. The van der Waals surface area contributed by atoms with Crippen LogP contribution in [0.4, 0.5) is 4.79 Å². The first-order chi connectivity index (χ1) is 20.4. The number of alkyl carbamates (subject to hydrolysis) is 1. The van der Waals surface area contributed by atoms with Gasteiger partial charge in [0.1, 0.15) is 12.6 Å². The van der Waals surface area contributed by atoms with E-state index in [1.54, 1.807) is 0 Å². The zero-order valence-electron chi connectivity index (χ0n) is 24.8. The van der Waals surface area contributed by atoms with Gasteiger partial charge in [0.2, 0.25) is 17.6 Å². The molecule has 1 saturated heterocycles. The van der Waals surface area contributed by atoms with Crippen LogP contribution in [0.2, 0.25) is 0 Å². The van der Waals surface area contributed by atoms with Crippen LogP contribution in [-0.2, 0) is 41.7 Å². The molecule has 0 radical (unpaired) electrons. The van der Waals surface area contributed by atoms with Crippen molar-refractivity contribution in [1.82, 2.24) is 15.5 Å². The zero-order valence-corrected chi connectivity index (χ0v) is 24.8. The summed E-state index contributed by atoms with van der Waals surface area (Å²) in [4.78, 5) is 77.0. The molecule has 4 amide bonds. The average molecular weight is 593 g/mol. The number of rotatable bonds is 15. The lowest BCUT2D eigenvalue weighted by Gasteiger charge is -2.38. The van der Waals surface area contributed by atoms with Crippen molar-refractivity contribution in [3.63, 3.8) is 0 Å². The summed E-state index contributed by atoms with van der Waals surface area (Å²) in [6, 6.07) is 16.4. The maximum atomic E-state index is 13.1. The van der Waals surface area contributed by atoms with Gasteiger partial charge in [-0.2, -0.15) is 0 Å². The van der Waals surface area contributed by atoms with E-state index in [2.05, 4.69) is 10.6 Å². The number of nitrogens with two attached hydrogens (primary N) is 1. The molecule has 0 spiro atoms. The van der Waals surface area contributed by atoms with Gasteiger partial charge in [0.05, 0.1) is 12.0 Å². The third kappa shape index (κ3) is 10.1. The van der Waals surface area contributed by atoms with Crippen LogP contribution in [0.5, 0.6) is 0 Å². The van der Waals surface area contributed by atoms with E-state index in [0.29, 0.717) is 6.42 Å². The molecule has 11 heteroatoms. The van der Waals surface area contributed by atoms with Crippen molar-refractivity contribution in [2.24, 2.45) is 23.5 Å². The molecule has 230 valence electrons. The molecule has 3 atom stereocenters. The SMILES string of the molecule is CC(C)CC(NC(=O)OCc1ccccc1)C(=O)CC(C)C(=O)C(=O)N1CC(C(=O)NC(Cc2ccccc2)C(N)=O)C1. The fraction of sp³-hybridized carbons (Fsp3) is 0.438. The van der Waals surface area contributed by atoms with Crippen LogP contribution >= 0.6 is 0 Å². The molecule has 3 unspecified atom stereocenters. The van der Waals surface area contributed by atoms with Crippen LogP contribution in [-0.4, -0.2) is 65.5 Å². The Morgan fingerprint density at radius 3 is 2.00 bits per heavy atom. The molecule has 0 aromatic heterocycles. The molecular weight excluding hydrogens is 552 g/mol. The number of carbonyl (C=O) groups excluding carboxylic acids is 6. The number of hydrogen-bond acceptors (Lipinski definition) is 7. The average Bonchev–Trinajstić information content (AvgIpc) is 2.94. The van der Waals surface area contributed by atoms with Crippen molar-refractivity contribution in [2.75, 3.05) is 13.1 Å². The second kappa shape index (κ2) is 15.6. The van der Waals surface area contributed by atoms with E-state index >= 15 is 0 Å². The number of benzene rings is 2. The van der Waals surface area contributed by atoms with Gasteiger partial charge in [0.25, 0.3) is 5.91 Å². The van der Waals surface area contributed by atoms with Crippen molar-refractivity contribution in [2.45, 2.75) is 58.7 Å². The van der Waals surface area contributed by atoms with Gasteiger partial charge in [-0.15, -0.1) is 0 Å². The summed E-state index contributed by atoms with van der Waals surface area (Å²) >= 11 is 0. The van der Waals surface area contributed by atoms with Crippen LogP contribution in [0.25, 0.3) is 0 Å². The lowest BCUT2D eigenvalue weighted by atomic mass is 9.90. The summed E-state index contributed by atoms with van der Waals surface area (Å²) < 4.78 is 5.24. The fourth-order valence-corrected chi connectivity index (χ4v) is 4.73. The molecule has 2 aromatic rings.